The number of rotatable bonds is 14. The summed E-state index contributed by atoms with van der Waals surface area (Å²) in [5.74, 6) is 3.99. The third-order valence-electron chi connectivity index (χ3n) is 10.9. The highest BCUT2D eigenvalue weighted by molar-refractivity contribution is 7.91. The van der Waals surface area contributed by atoms with Crippen LogP contribution in [0.4, 0.5) is 0 Å². The van der Waals surface area contributed by atoms with E-state index in [2.05, 4.69) is 45.0 Å². The minimum absolute atomic E-state index is 0.151. The van der Waals surface area contributed by atoms with Crippen molar-refractivity contribution in [2.24, 2.45) is 0 Å². The molecule has 0 bridgehead atoms. The molecule has 0 aliphatic rings. The predicted molar refractivity (Wildman–Crippen MR) is 245 cm³/mol. The van der Waals surface area contributed by atoms with Crippen molar-refractivity contribution in [3.63, 3.8) is 0 Å². The van der Waals surface area contributed by atoms with E-state index < -0.39 is 19.7 Å². The van der Waals surface area contributed by atoms with Crippen LogP contribution in [0, 0.1) is 6.92 Å². The first-order chi connectivity index (χ1) is 30.3. The summed E-state index contributed by atoms with van der Waals surface area (Å²) in [7, 11) is -5.95. The highest BCUT2D eigenvalue weighted by atomic mass is 32.2. The summed E-state index contributed by atoms with van der Waals surface area (Å²) in [5.41, 5.74) is 5.17. The molecule has 8 nitrogen and oxygen atoms in total. The Morgan fingerprint density at radius 3 is 0.857 bits per heavy atom. The zero-order valence-corrected chi connectivity index (χ0v) is 36.7. The van der Waals surface area contributed by atoms with Crippen molar-refractivity contribution in [3.8, 4) is 51.4 Å². The lowest BCUT2D eigenvalue weighted by atomic mass is 9.78. The van der Waals surface area contributed by atoms with Crippen LogP contribution in [0.1, 0.15) is 30.5 Å². The van der Waals surface area contributed by atoms with E-state index in [0.717, 1.165) is 22.3 Å². The highest BCUT2D eigenvalue weighted by Gasteiger charge is 2.24. The minimum atomic E-state index is -3.78. The third-order valence-corrected chi connectivity index (χ3v) is 14.4. The normalized spacial score (nSPS) is 11.7. The van der Waals surface area contributed by atoms with Gasteiger partial charge >= 0.3 is 0 Å². The Balaban J connectivity index is 0.853. The molecule has 0 unspecified atom stereocenters. The SMILES string of the molecule is COc1ccc(S(=O)(=O)c2ccc(Oc3ccc(C(C)(C)c4ccc(Oc5ccc(S(=O)(=O)c6ccc(Oc7ccc(-c8ccc(C)cc8)cc7)cc6)cc5)cc4)cc3)cc2)cc1. The second kappa shape index (κ2) is 17.7. The van der Waals surface area contributed by atoms with Gasteiger partial charge < -0.3 is 18.9 Å². The fourth-order valence-electron chi connectivity index (χ4n) is 7.00. The van der Waals surface area contributed by atoms with E-state index in [9.17, 15) is 16.8 Å². The lowest BCUT2D eigenvalue weighted by molar-refractivity contribution is 0.414. The van der Waals surface area contributed by atoms with Gasteiger partial charge in [0.2, 0.25) is 19.7 Å². The first-order valence-corrected chi connectivity index (χ1v) is 23.1. The molecule has 0 saturated carbocycles. The van der Waals surface area contributed by atoms with Gasteiger partial charge in [-0.05, 0) is 163 Å². The number of aryl methyl sites for hydroxylation is 1. The summed E-state index contributed by atoms with van der Waals surface area (Å²) in [5, 5.41) is 0. The fraction of sp³-hybridized carbons (Fsp3) is 0.0943. The molecule has 0 fully saturated rings. The quantitative estimate of drug-likeness (QED) is 0.106. The van der Waals surface area contributed by atoms with Crippen molar-refractivity contribution < 1.29 is 35.8 Å². The molecular formula is C53H44O8S2. The second-order valence-corrected chi connectivity index (χ2v) is 19.4. The maximum Gasteiger partial charge on any atom is 0.206 e. The molecule has 0 N–H and O–H groups in total. The summed E-state index contributed by atoms with van der Waals surface area (Å²) < 4.78 is 76.5. The smallest absolute Gasteiger partial charge is 0.206 e. The van der Waals surface area contributed by atoms with Gasteiger partial charge in [-0.25, -0.2) is 16.8 Å². The molecule has 8 rings (SSSR count). The van der Waals surface area contributed by atoms with Gasteiger partial charge in [0.05, 0.1) is 26.7 Å². The predicted octanol–water partition coefficient (Wildman–Crippen LogP) is 13.0. The lowest BCUT2D eigenvalue weighted by Gasteiger charge is -2.26. The summed E-state index contributed by atoms with van der Waals surface area (Å²) in [6, 6.07) is 57.1. The van der Waals surface area contributed by atoms with Gasteiger partial charge in [-0.2, -0.15) is 0 Å². The van der Waals surface area contributed by atoms with Crippen molar-refractivity contribution in [1.82, 2.24) is 0 Å². The molecule has 316 valence electrons. The first kappa shape index (κ1) is 42.5. The number of benzene rings is 8. The first-order valence-electron chi connectivity index (χ1n) is 20.1. The van der Waals surface area contributed by atoms with Crippen LogP contribution in [0.25, 0.3) is 11.1 Å². The average molecular weight is 873 g/mol. The van der Waals surface area contributed by atoms with Gasteiger partial charge in [-0.15, -0.1) is 0 Å². The maximum atomic E-state index is 13.5. The zero-order valence-electron chi connectivity index (χ0n) is 35.1. The van der Waals surface area contributed by atoms with Crippen molar-refractivity contribution in [3.05, 3.63) is 211 Å². The molecule has 0 saturated heterocycles. The standard InChI is InChI=1S/C53H44O8S2/c1-37-5-7-38(8-6-37)39-9-15-43(16-10-39)59-46-23-31-51(32-24-46)63(56,57)52-35-27-48(28-36-52)61-45-19-13-41(14-20-45)53(2,3)40-11-17-44(18-12-40)60-47-25-33-50(34-26-47)62(54,55)49-29-21-42(58-4)22-30-49/h5-36H,1-4H3. The molecule has 0 aliphatic carbocycles. The average Bonchev–Trinajstić information content (AvgIpc) is 3.30. The fourth-order valence-corrected chi connectivity index (χ4v) is 9.53. The van der Waals surface area contributed by atoms with Crippen molar-refractivity contribution in [2.75, 3.05) is 7.11 Å². The van der Waals surface area contributed by atoms with Gasteiger partial charge in [0, 0.05) is 5.41 Å². The minimum Gasteiger partial charge on any atom is -0.497 e. The number of methoxy groups -OCH3 is 1. The molecule has 0 heterocycles. The molecule has 10 heteroatoms. The Kier molecular flexibility index (Phi) is 11.9. The number of hydrogen-bond donors (Lipinski definition) is 0. The Labute approximate surface area is 368 Å². The topological polar surface area (TPSA) is 105 Å². The molecule has 0 amide bonds. The van der Waals surface area contributed by atoms with Crippen molar-refractivity contribution in [2.45, 2.75) is 45.8 Å². The van der Waals surface area contributed by atoms with E-state index in [4.69, 9.17) is 18.9 Å². The third kappa shape index (κ3) is 9.52. The van der Waals surface area contributed by atoms with Gasteiger partial charge in [-0.1, -0.05) is 80.1 Å². The van der Waals surface area contributed by atoms with Gasteiger partial charge in [-0.3, -0.25) is 0 Å². The Morgan fingerprint density at radius 1 is 0.333 bits per heavy atom. The Morgan fingerprint density at radius 2 is 0.571 bits per heavy atom. The molecule has 0 atom stereocenters. The van der Waals surface area contributed by atoms with Gasteiger partial charge in [0.25, 0.3) is 0 Å². The largest absolute Gasteiger partial charge is 0.497 e. The van der Waals surface area contributed by atoms with Crippen LogP contribution in [0.5, 0.6) is 40.2 Å². The highest BCUT2D eigenvalue weighted by Crippen LogP contribution is 2.36. The number of sulfone groups is 2. The van der Waals surface area contributed by atoms with E-state index in [1.807, 2.05) is 72.8 Å². The van der Waals surface area contributed by atoms with E-state index in [-0.39, 0.29) is 25.0 Å². The molecule has 63 heavy (non-hydrogen) atoms. The van der Waals surface area contributed by atoms with E-state index in [1.165, 1.54) is 36.9 Å². The second-order valence-electron chi connectivity index (χ2n) is 15.5. The number of ether oxygens (including phenoxy) is 4. The molecule has 0 radical (unpaired) electrons. The van der Waals surface area contributed by atoms with Crippen LogP contribution in [0.15, 0.2) is 214 Å². The Bertz CT molecular complexity index is 3040. The summed E-state index contributed by atoms with van der Waals surface area (Å²) in [4.78, 5) is 0.656. The van der Waals surface area contributed by atoms with Crippen LogP contribution in [-0.4, -0.2) is 23.9 Å². The summed E-state index contributed by atoms with van der Waals surface area (Å²) >= 11 is 0. The monoisotopic (exact) mass is 872 g/mol. The van der Waals surface area contributed by atoms with Crippen LogP contribution >= 0.6 is 0 Å². The van der Waals surface area contributed by atoms with Crippen molar-refractivity contribution in [1.29, 1.82) is 0 Å². The molecule has 0 spiro atoms. The maximum absolute atomic E-state index is 13.5. The van der Waals surface area contributed by atoms with E-state index in [0.29, 0.717) is 40.2 Å². The van der Waals surface area contributed by atoms with Gasteiger partial charge in [0.1, 0.15) is 40.2 Å². The molecular weight excluding hydrogens is 829 g/mol. The van der Waals surface area contributed by atoms with E-state index in [1.54, 1.807) is 72.8 Å². The molecule has 8 aromatic carbocycles. The zero-order chi connectivity index (χ0) is 44.2. The van der Waals surface area contributed by atoms with Crippen LogP contribution in [-0.2, 0) is 25.1 Å². The summed E-state index contributed by atoms with van der Waals surface area (Å²) in [6.45, 7) is 6.32. The van der Waals surface area contributed by atoms with Gasteiger partial charge in [0.15, 0.2) is 0 Å². The van der Waals surface area contributed by atoms with Crippen LogP contribution < -0.4 is 18.9 Å². The molecule has 8 aromatic rings. The number of hydrogen-bond acceptors (Lipinski definition) is 8. The lowest BCUT2D eigenvalue weighted by Crippen LogP contribution is -2.18. The summed E-state index contributed by atoms with van der Waals surface area (Å²) in [6.07, 6.45) is 0. The van der Waals surface area contributed by atoms with E-state index >= 15 is 0 Å². The van der Waals surface area contributed by atoms with Crippen molar-refractivity contribution >= 4 is 19.7 Å². The van der Waals surface area contributed by atoms with Crippen LogP contribution in [0.3, 0.4) is 0 Å². The molecule has 0 aliphatic heterocycles. The Hall–Kier alpha value is -7.14. The molecule has 0 aromatic heterocycles. The van der Waals surface area contributed by atoms with Crippen LogP contribution in [0.2, 0.25) is 0 Å².